The van der Waals surface area contributed by atoms with Crippen LogP contribution in [0.25, 0.3) is 10.9 Å². The monoisotopic (exact) mass is 249 g/mol. The molecule has 0 unspecified atom stereocenters. The van der Waals surface area contributed by atoms with E-state index in [4.69, 9.17) is 9.47 Å². The Morgan fingerprint density at radius 3 is 2.83 bits per heavy atom. The lowest BCUT2D eigenvalue weighted by Gasteiger charge is -2.09. The van der Waals surface area contributed by atoms with Crippen molar-refractivity contribution in [3.05, 3.63) is 30.0 Å². The number of esters is 1. The molecule has 1 aromatic carbocycles. The zero-order chi connectivity index (χ0) is 13.1. The third-order valence-electron chi connectivity index (χ3n) is 3.07. The lowest BCUT2D eigenvalue weighted by atomic mass is 9.99. The Morgan fingerprint density at radius 1 is 1.44 bits per heavy atom. The third kappa shape index (κ3) is 2.04. The van der Waals surface area contributed by atoms with Crippen molar-refractivity contribution in [3.63, 3.8) is 0 Å². The van der Waals surface area contributed by atoms with E-state index in [2.05, 4.69) is 10.7 Å². The molecule has 0 fully saturated rings. The molecule has 0 spiro atoms. The predicted octanol–water partition coefficient (Wildman–Crippen LogP) is 0.675. The van der Waals surface area contributed by atoms with Gasteiger partial charge in [-0.15, -0.1) is 0 Å². The zero-order valence-corrected chi connectivity index (χ0v) is 10.5. The van der Waals surface area contributed by atoms with Crippen LogP contribution in [0.15, 0.2) is 24.4 Å². The number of nitrogens with one attached hydrogen (secondary N) is 1. The standard InChI is InChI=1S/C13H16N2O3/c1-17-8-3-4-12-9(5-8)11(7-15-12)10(6-14)13(16)18-2/h3-5,7,10,15H,6,14H2,1-2H3/p+1/t10-/m0/s1. The van der Waals surface area contributed by atoms with E-state index < -0.39 is 0 Å². The number of rotatable bonds is 4. The average Bonchev–Trinajstić information content (AvgIpc) is 2.82. The van der Waals surface area contributed by atoms with Crippen molar-refractivity contribution in [3.8, 4) is 5.75 Å². The number of aromatic amines is 1. The molecule has 5 heteroatoms. The van der Waals surface area contributed by atoms with E-state index in [9.17, 15) is 4.79 Å². The van der Waals surface area contributed by atoms with Crippen LogP contribution in [0.3, 0.4) is 0 Å². The molecule has 4 N–H and O–H groups in total. The summed E-state index contributed by atoms with van der Waals surface area (Å²) < 4.78 is 10.0. The van der Waals surface area contributed by atoms with Gasteiger partial charge in [-0.05, 0) is 23.8 Å². The summed E-state index contributed by atoms with van der Waals surface area (Å²) in [6, 6.07) is 5.71. The number of carbonyl (C=O) groups excluding carboxylic acids is 1. The lowest BCUT2D eigenvalue weighted by Crippen LogP contribution is -2.54. The highest BCUT2D eigenvalue weighted by Crippen LogP contribution is 2.28. The van der Waals surface area contributed by atoms with E-state index in [0.717, 1.165) is 22.2 Å². The summed E-state index contributed by atoms with van der Waals surface area (Å²) in [6.07, 6.45) is 1.83. The molecule has 2 aromatic rings. The molecule has 0 radical (unpaired) electrons. The molecule has 2 rings (SSSR count). The summed E-state index contributed by atoms with van der Waals surface area (Å²) in [4.78, 5) is 14.9. The molecule has 5 nitrogen and oxygen atoms in total. The number of aromatic nitrogens is 1. The van der Waals surface area contributed by atoms with Crippen LogP contribution < -0.4 is 10.5 Å². The number of hydrogen-bond donors (Lipinski definition) is 2. The second-order valence-electron chi connectivity index (χ2n) is 4.02. The molecule has 1 atom stereocenters. The van der Waals surface area contributed by atoms with E-state index in [-0.39, 0.29) is 11.9 Å². The van der Waals surface area contributed by atoms with E-state index in [1.165, 1.54) is 7.11 Å². The molecule has 1 aromatic heterocycles. The molecular weight excluding hydrogens is 232 g/mol. The van der Waals surface area contributed by atoms with Crippen LogP contribution in [0.4, 0.5) is 0 Å². The minimum absolute atomic E-state index is 0.270. The Morgan fingerprint density at radius 2 is 2.22 bits per heavy atom. The Hall–Kier alpha value is -2.01. The van der Waals surface area contributed by atoms with Gasteiger partial charge in [0.2, 0.25) is 0 Å². The maximum absolute atomic E-state index is 11.7. The summed E-state index contributed by atoms with van der Waals surface area (Å²) in [5.74, 6) is 0.139. The van der Waals surface area contributed by atoms with E-state index in [0.29, 0.717) is 6.54 Å². The van der Waals surface area contributed by atoms with Crippen LogP contribution in [-0.4, -0.2) is 31.7 Å². The van der Waals surface area contributed by atoms with Crippen LogP contribution in [0, 0.1) is 0 Å². The summed E-state index contributed by atoms with van der Waals surface area (Å²) >= 11 is 0. The normalized spacial score (nSPS) is 12.4. The zero-order valence-electron chi connectivity index (χ0n) is 10.5. The first-order chi connectivity index (χ1) is 8.71. The number of hydrogen-bond acceptors (Lipinski definition) is 3. The fraction of sp³-hybridized carbons (Fsp3) is 0.308. The average molecular weight is 249 g/mol. The molecular formula is C13H17N2O3+. The lowest BCUT2D eigenvalue weighted by molar-refractivity contribution is -0.370. The Bertz CT molecular complexity index is 562. The quantitative estimate of drug-likeness (QED) is 0.782. The Labute approximate surface area is 105 Å². The van der Waals surface area contributed by atoms with Gasteiger partial charge in [-0.2, -0.15) is 0 Å². The topological polar surface area (TPSA) is 79.0 Å². The van der Waals surface area contributed by atoms with Gasteiger partial charge < -0.3 is 20.2 Å². The van der Waals surface area contributed by atoms with Crippen LogP contribution in [0.2, 0.25) is 0 Å². The smallest absolute Gasteiger partial charge is 0.319 e. The van der Waals surface area contributed by atoms with Gasteiger partial charge in [-0.3, -0.25) is 4.79 Å². The molecule has 0 aliphatic heterocycles. The van der Waals surface area contributed by atoms with Gasteiger partial charge in [0.25, 0.3) is 0 Å². The van der Waals surface area contributed by atoms with Crippen molar-refractivity contribution in [2.75, 3.05) is 20.8 Å². The molecule has 1 heterocycles. The molecule has 0 amide bonds. The summed E-state index contributed by atoms with van der Waals surface area (Å²) in [6.45, 7) is 0.455. The maximum Gasteiger partial charge on any atom is 0.319 e. The van der Waals surface area contributed by atoms with Crippen molar-refractivity contribution in [2.24, 2.45) is 0 Å². The molecule has 96 valence electrons. The number of quaternary nitrogens is 1. The first-order valence-corrected chi connectivity index (χ1v) is 5.73. The third-order valence-corrected chi connectivity index (χ3v) is 3.07. The van der Waals surface area contributed by atoms with Crippen LogP contribution >= 0.6 is 0 Å². The summed E-state index contributed by atoms with van der Waals surface area (Å²) in [5.41, 5.74) is 5.67. The second-order valence-corrected chi connectivity index (χ2v) is 4.02. The highest BCUT2D eigenvalue weighted by molar-refractivity contribution is 5.90. The van der Waals surface area contributed by atoms with E-state index >= 15 is 0 Å². The molecule has 0 saturated heterocycles. The number of benzene rings is 1. The SMILES string of the molecule is COC(=O)[C@@H](C[NH3+])c1c[nH]c2ccc(OC)cc12. The van der Waals surface area contributed by atoms with Gasteiger partial charge >= 0.3 is 5.97 Å². The van der Waals surface area contributed by atoms with E-state index in [1.54, 1.807) is 7.11 Å². The van der Waals surface area contributed by atoms with Crippen molar-refractivity contribution in [1.29, 1.82) is 0 Å². The maximum atomic E-state index is 11.7. The Balaban J connectivity index is 2.52. The van der Waals surface area contributed by atoms with Crippen molar-refractivity contribution in [1.82, 2.24) is 4.98 Å². The molecule has 0 saturated carbocycles. The fourth-order valence-corrected chi connectivity index (χ4v) is 2.08. The Kier molecular flexibility index (Phi) is 3.53. The summed E-state index contributed by atoms with van der Waals surface area (Å²) in [7, 11) is 3.01. The summed E-state index contributed by atoms with van der Waals surface area (Å²) in [5, 5.41) is 0.966. The number of methoxy groups -OCH3 is 2. The van der Waals surface area contributed by atoms with Crippen LogP contribution in [-0.2, 0) is 9.53 Å². The van der Waals surface area contributed by atoms with Gasteiger partial charge in [0.1, 0.15) is 11.7 Å². The number of ether oxygens (including phenoxy) is 2. The second kappa shape index (κ2) is 5.10. The van der Waals surface area contributed by atoms with E-state index in [1.807, 2.05) is 24.4 Å². The number of H-pyrrole nitrogens is 1. The van der Waals surface area contributed by atoms with Gasteiger partial charge in [-0.1, -0.05) is 0 Å². The molecule has 0 aliphatic rings. The molecule has 0 bridgehead atoms. The van der Waals surface area contributed by atoms with Gasteiger partial charge in [0, 0.05) is 17.1 Å². The van der Waals surface area contributed by atoms with Crippen LogP contribution in [0.1, 0.15) is 11.5 Å². The minimum atomic E-state index is -0.351. The molecule has 18 heavy (non-hydrogen) atoms. The van der Waals surface area contributed by atoms with Gasteiger partial charge in [0.15, 0.2) is 0 Å². The molecule has 0 aliphatic carbocycles. The first kappa shape index (κ1) is 12.4. The van der Waals surface area contributed by atoms with Crippen molar-refractivity contribution >= 4 is 16.9 Å². The predicted molar refractivity (Wildman–Crippen MR) is 67.4 cm³/mol. The largest absolute Gasteiger partial charge is 0.497 e. The first-order valence-electron chi connectivity index (χ1n) is 5.73. The van der Waals surface area contributed by atoms with Crippen LogP contribution in [0.5, 0.6) is 5.75 Å². The fourth-order valence-electron chi connectivity index (χ4n) is 2.08. The number of carbonyl (C=O) groups is 1. The van der Waals surface area contributed by atoms with Crippen molar-refractivity contribution < 1.29 is 20.0 Å². The number of fused-ring (bicyclic) bond motifs is 1. The van der Waals surface area contributed by atoms with Gasteiger partial charge in [-0.25, -0.2) is 0 Å². The minimum Gasteiger partial charge on any atom is -0.497 e. The highest BCUT2D eigenvalue weighted by Gasteiger charge is 2.24. The highest BCUT2D eigenvalue weighted by atomic mass is 16.5. The van der Waals surface area contributed by atoms with Gasteiger partial charge in [0.05, 0.1) is 20.8 Å². The van der Waals surface area contributed by atoms with Crippen molar-refractivity contribution in [2.45, 2.75) is 5.92 Å².